The molecule has 0 saturated carbocycles. The van der Waals surface area contributed by atoms with Gasteiger partial charge in [0.25, 0.3) is 0 Å². The van der Waals surface area contributed by atoms with Crippen molar-refractivity contribution in [2.75, 3.05) is 24.6 Å². The maximum absolute atomic E-state index is 13.2. The second-order valence-electron chi connectivity index (χ2n) is 4.63. The predicted octanol–water partition coefficient (Wildman–Crippen LogP) is 1.93. The lowest BCUT2D eigenvalue weighted by Gasteiger charge is -2.31. The highest BCUT2D eigenvalue weighted by molar-refractivity contribution is 5.81. The number of hydrogen-bond donors (Lipinski definition) is 1. The minimum Gasteiger partial charge on any atom is -0.465 e. The first kappa shape index (κ1) is 15.4. The van der Waals surface area contributed by atoms with E-state index >= 15 is 0 Å². The van der Waals surface area contributed by atoms with E-state index in [1.165, 1.54) is 12.1 Å². The zero-order valence-electron chi connectivity index (χ0n) is 11.6. The summed E-state index contributed by atoms with van der Waals surface area (Å²) in [7, 11) is 0. The smallest absolute Gasteiger partial charge is 0.327 e. The molecule has 5 heteroatoms. The Bertz CT molecular complexity index is 435. The van der Waals surface area contributed by atoms with E-state index in [0.717, 1.165) is 0 Å². The molecule has 0 spiro atoms. The van der Waals surface area contributed by atoms with Crippen LogP contribution >= 0.6 is 0 Å². The SMILES string of the molecule is CCOC(=O)C(C)(N)CN(CC)c1cccc(F)c1. The average molecular weight is 268 g/mol. The molecule has 4 nitrogen and oxygen atoms in total. The number of likely N-dealkylation sites (N-methyl/N-ethyl adjacent to an activating group) is 1. The average Bonchev–Trinajstić information content (AvgIpc) is 2.36. The molecular formula is C14H21FN2O2. The van der Waals surface area contributed by atoms with Crippen molar-refractivity contribution in [1.82, 2.24) is 0 Å². The minimum atomic E-state index is -1.13. The van der Waals surface area contributed by atoms with E-state index in [-0.39, 0.29) is 19.0 Å². The van der Waals surface area contributed by atoms with E-state index in [1.807, 2.05) is 11.8 Å². The van der Waals surface area contributed by atoms with E-state index in [4.69, 9.17) is 10.5 Å². The molecule has 19 heavy (non-hydrogen) atoms. The van der Waals surface area contributed by atoms with Crippen molar-refractivity contribution in [2.24, 2.45) is 5.73 Å². The first-order valence-electron chi connectivity index (χ1n) is 6.37. The van der Waals surface area contributed by atoms with Gasteiger partial charge in [0.05, 0.1) is 6.61 Å². The van der Waals surface area contributed by atoms with E-state index in [2.05, 4.69) is 0 Å². The molecule has 1 atom stereocenters. The molecule has 1 aromatic carbocycles. The lowest BCUT2D eigenvalue weighted by Crippen LogP contribution is -2.54. The molecule has 0 saturated heterocycles. The first-order valence-corrected chi connectivity index (χ1v) is 6.37. The lowest BCUT2D eigenvalue weighted by atomic mass is 10.0. The quantitative estimate of drug-likeness (QED) is 0.801. The van der Waals surface area contributed by atoms with Crippen LogP contribution in [0.3, 0.4) is 0 Å². The zero-order chi connectivity index (χ0) is 14.5. The molecule has 0 radical (unpaired) electrons. The van der Waals surface area contributed by atoms with Crippen LogP contribution in [-0.4, -0.2) is 31.2 Å². The van der Waals surface area contributed by atoms with Gasteiger partial charge in [0.1, 0.15) is 11.4 Å². The minimum absolute atomic E-state index is 0.270. The monoisotopic (exact) mass is 268 g/mol. The Kier molecular flexibility index (Phi) is 5.30. The Morgan fingerprint density at radius 2 is 2.16 bits per heavy atom. The van der Waals surface area contributed by atoms with Gasteiger partial charge in [0.2, 0.25) is 0 Å². The summed E-state index contributed by atoms with van der Waals surface area (Å²) in [5.41, 5.74) is 5.56. The number of rotatable bonds is 6. The normalized spacial score (nSPS) is 13.7. The summed E-state index contributed by atoms with van der Waals surface area (Å²) in [5.74, 6) is -0.768. The standard InChI is InChI=1S/C14H21FN2O2/c1-4-17(12-8-6-7-11(15)9-12)10-14(3,16)13(18)19-5-2/h6-9H,4-5,10,16H2,1-3H3. The fourth-order valence-corrected chi connectivity index (χ4v) is 1.82. The highest BCUT2D eigenvalue weighted by Gasteiger charge is 2.32. The molecule has 0 aromatic heterocycles. The third-order valence-electron chi connectivity index (χ3n) is 2.82. The third kappa shape index (κ3) is 4.21. The van der Waals surface area contributed by atoms with Crippen LogP contribution in [0.15, 0.2) is 24.3 Å². The second-order valence-corrected chi connectivity index (χ2v) is 4.63. The lowest BCUT2D eigenvalue weighted by molar-refractivity contribution is -0.148. The summed E-state index contributed by atoms with van der Waals surface area (Å²) in [6, 6.07) is 6.22. The molecule has 0 heterocycles. The van der Waals surface area contributed by atoms with Crippen LogP contribution in [0.4, 0.5) is 10.1 Å². The van der Waals surface area contributed by atoms with Crippen LogP contribution in [-0.2, 0) is 9.53 Å². The molecule has 0 fully saturated rings. The van der Waals surface area contributed by atoms with E-state index in [0.29, 0.717) is 12.2 Å². The molecule has 2 N–H and O–H groups in total. The Labute approximate surface area is 113 Å². The molecule has 106 valence electrons. The number of ether oxygens (including phenoxy) is 1. The van der Waals surface area contributed by atoms with Gasteiger partial charge in [-0.25, -0.2) is 9.18 Å². The maximum atomic E-state index is 13.2. The molecule has 0 aliphatic heterocycles. The van der Waals surface area contributed by atoms with Crippen LogP contribution in [0, 0.1) is 5.82 Å². The summed E-state index contributed by atoms with van der Waals surface area (Å²) < 4.78 is 18.2. The first-order chi connectivity index (χ1) is 8.90. The van der Waals surface area contributed by atoms with Crippen molar-refractivity contribution in [3.8, 4) is 0 Å². The van der Waals surface area contributed by atoms with Gasteiger partial charge in [0, 0.05) is 18.8 Å². The predicted molar refractivity (Wildman–Crippen MR) is 73.5 cm³/mol. The van der Waals surface area contributed by atoms with Crippen LogP contribution in [0.5, 0.6) is 0 Å². The van der Waals surface area contributed by atoms with E-state index < -0.39 is 11.5 Å². The number of halogens is 1. The summed E-state index contributed by atoms with van der Waals surface area (Å²) in [4.78, 5) is 13.6. The largest absolute Gasteiger partial charge is 0.465 e. The zero-order valence-corrected chi connectivity index (χ0v) is 11.6. The summed E-state index contributed by atoms with van der Waals surface area (Å²) >= 11 is 0. The Morgan fingerprint density at radius 1 is 1.47 bits per heavy atom. The number of carbonyl (C=O) groups is 1. The van der Waals surface area contributed by atoms with Gasteiger partial charge in [-0.2, -0.15) is 0 Å². The van der Waals surface area contributed by atoms with Crippen molar-refractivity contribution >= 4 is 11.7 Å². The second kappa shape index (κ2) is 6.52. The van der Waals surface area contributed by atoms with Crippen molar-refractivity contribution in [1.29, 1.82) is 0 Å². The van der Waals surface area contributed by atoms with Gasteiger partial charge >= 0.3 is 5.97 Å². The van der Waals surface area contributed by atoms with E-state index in [9.17, 15) is 9.18 Å². The van der Waals surface area contributed by atoms with Gasteiger partial charge in [-0.15, -0.1) is 0 Å². The van der Waals surface area contributed by atoms with Crippen LogP contribution < -0.4 is 10.6 Å². The fourth-order valence-electron chi connectivity index (χ4n) is 1.82. The number of carbonyl (C=O) groups excluding carboxylic acids is 1. The van der Waals surface area contributed by atoms with Gasteiger partial charge in [-0.1, -0.05) is 6.07 Å². The fraction of sp³-hybridized carbons (Fsp3) is 0.500. The van der Waals surface area contributed by atoms with Crippen LogP contribution in [0.1, 0.15) is 20.8 Å². The molecule has 0 aliphatic rings. The summed E-state index contributed by atoms with van der Waals surface area (Å²) in [5, 5.41) is 0. The number of nitrogens with two attached hydrogens (primary N) is 1. The Hall–Kier alpha value is -1.62. The van der Waals surface area contributed by atoms with Crippen molar-refractivity contribution in [3.05, 3.63) is 30.1 Å². The highest BCUT2D eigenvalue weighted by Crippen LogP contribution is 2.18. The highest BCUT2D eigenvalue weighted by atomic mass is 19.1. The third-order valence-corrected chi connectivity index (χ3v) is 2.82. The van der Waals surface area contributed by atoms with Gasteiger partial charge in [-0.3, -0.25) is 0 Å². The van der Waals surface area contributed by atoms with Crippen molar-refractivity contribution in [2.45, 2.75) is 26.3 Å². The van der Waals surface area contributed by atoms with E-state index in [1.54, 1.807) is 26.0 Å². The molecule has 0 bridgehead atoms. The van der Waals surface area contributed by atoms with Crippen LogP contribution in [0.2, 0.25) is 0 Å². The summed E-state index contributed by atoms with van der Waals surface area (Å²) in [6.45, 7) is 6.45. The molecule has 1 aromatic rings. The molecule has 0 amide bonds. The van der Waals surface area contributed by atoms with Gasteiger partial charge in [0.15, 0.2) is 0 Å². The molecule has 0 aliphatic carbocycles. The molecular weight excluding hydrogens is 247 g/mol. The number of anilines is 1. The summed E-state index contributed by atoms with van der Waals surface area (Å²) in [6.07, 6.45) is 0. The van der Waals surface area contributed by atoms with Crippen LogP contribution in [0.25, 0.3) is 0 Å². The Morgan fingerprint density at radius 3 is 2.68 bits per heavy atom. The topological polar surface area (TPSA) is 55.6 Å². The van der Waals surface area contributed by atoms with Gasteiger partial charge < -0.3 is 15.4 Å². The maximum Gasteiger partial charge on any atom is 0.327 e. The number of benzene rings is 1. The van der Waals surface area contributed by atoms with Gasteiger partial charge in [-0.05, 0) is 39.0 Å². The van der Waals surface area contributed by atoms with Crippen molar-refractivity contribution in [3.63, 3.8) is 0 Å². The number of nitrogens with zero attached hydrogens (tertiary/aromatic N) is 1. The Balaban J connectivity index is 2.85. The number of hydrogen-bond acceptors (Lipinski definition) is 4. The number of esters is 1. The molecule has 1 rings (SSSR count). The molecule has 1 unspecified atom stereocenters. The van der Waals surface area contributed by atoms with Crippen molar-refractivity contribution < 1.29 is 13.9 Å².